The van der Waals surface area contributed by atoms with Crippen LogP contribution in [0.3, 0.4) is 0 Å². The summed E-state index contributed by atoms with van der Waals surface area (Å²) in [5.74, 6) is -2.70. The van der Waals surface area contributed by atoms with E-state index >= 15 is 0 Å². The van der Waals surface area contributed by atoms with E-state index in [0.29, 0.717) is 19.3 Å². The van der Waals surface area contributed by atoms with Crippen molar-refractivity contribution in [1.29, 1.82) is 0 Å². The number of rotatable bonds is 5. The number of aliphatic hydroxyl groups excluding tert-OH is 1. The molecule has 0 radical (unpaired) electrons. The number of esters is 1. The van der Waals surface area contributed by atoms with Crippen LogP contribution < -0.4 is 0 Å². The van der Waals surface area contributed by atoms with Crippen LogP contribution in [-0.4, -0.2) is 39.7 Å². The highest BCUT2D eigenvalue weighted by molar-refractivity contribution is 7.96. The van der Waals surface area contributed by atoms with Gasteiger partial charge in [0.1, 0.15) is 6.10 Å². The van der Waals surface area contributed by atoms with Crippen LogP contribution in [0.4, 0.5) is 17.6 Å². The molecule has 122 valence electrons. The maximum absolute atomic E-state index is 13.9. The normalized spacial score (nSPS) is 34.8. The molecule has 2 rings (SSSR count). The Morgan fingerprint density at radius 1 is 1.19 bits per heavy atom. The van der Waals surface area contributed by atoms with Gasteiger partial charge in [-0.1, -0.05) is 5.04 Å². The lowest BCUT2D eigenvalue weighted by Crippen LogP contribution is -2.49. The van der Waals surface area contributed by atoms with Gasteiger partial charge in [-0.3, -0.25) is 0 Å². The predicted molar refractivity (Wildman–Crippen MR) is 59.0 cm³/mol. The van der Waals surface area contributed by atoms with Crippen LogP contribution in [0.1, 0.15) is 19.3 Å². The summed E-state index contributed by atoms with van der Waals surface area (Å²) in [7, 11) is 0. The molecule has 5 unspecified atom stereocenters. The van der Waals surface area contributed by atoms with E-state index in [1.54, 1.807) is 0 Å². The Morgan fingerprint density at radius 2 is 1.81 bits per heavy atom. The molecule has 2 aliphatic rings. The van der Waals surface area contributed by atoms with Crippen molar-refractivity contribution in [2.45, 2.75) is 42.6 Å². The highest BCUT2D eigenvalue weighted by Gasteiger charge is 2.67. The van der Waals surface area contributed by atoms with E-state index in [0.717, 1.165) is 0 Å². The van der Waals surface area contributed by atoms with Gasteiger partial charge in [-0.15, -0.1) is 4.33 Å². The molecule has 2 aliphatic carbocycles. The van der Waals surface area contributed by atoms with Gasteiger partial charge < -0.3 is 9.84 Å². The van der Waals surface area contributed by atoms with E-state index in [2.05, 4.69) is 14.1 Å². The number of alkyl halides is 4. The average molecular weight is 336 g/mol. The lowest BCUT2D eigenvalue weighted by atomic mass is 9.95. The van der Waals surface area contributed by atoms with E-state index in [1.165, 1.54) is 0 Å². The number of carbonyl (C=O) groups is 1. The molecule has 2 fully saturated rings. The van der Waals surface area contributed by atoms with E-state index in [1.807, 2.05) is 0 Å². The van der Waals surface area contributed by atoms with Gasteiger partial charge in [0.05, 0.1) is 18.1 Å². The SMILES string of the molecule is O=C(OC1C2CCC(C2)C1O)C(F)(SOOO)C(F)(F)F. The van der Waals surface area contributed by atoms with Crippen LogP contribution in [-0.2, 0) is 18.9 Å². The molecule has 21 heavy (non-hydrogen) atoms. The first-order chi connectivity index (χ1) is 9.70. The molecule has 0 heterocycles. The Hall–Kier alpha value is -0.620. The average Bonchev–Trinajstić information content (AvgIpc) is 2.98. The number of carbonyl (C=O) groups excluding carboxylic acids is 1. The van der Waals surface area contributed by atoms with Crippen molar-refractivity contribution in [3.8, 4) is 0 Å². The number of ether oxygens (including phenoxy) is 1. The van der Waals surface area contributed by atoms with Gasteiger partial charge in [0, 0.05) is 0 Å². The van der Waals surface area contributed by atoms with E-state index in [9.17, 15) is 27.5 Å². The number of fused-ring (bicyclic) bond motifs is 2. The summed E-state index contributed by atoms with van der Waals surface area (Å²) >= 11 is -1.08. The predicted octanol–water partition coefficient (Wildman–Crippen LogP) is 1.99. The molecule has 2 saturated carbocycles. The van der Waals surface area contributed by atoms with Crippen LogP contribution in [0.5, 0.6) is 0 Å². The molecule has 2 bridgehead atoms. The molecule has 0 aliphatic heterocycles. The summed E-state index contributed by atoms with van der Waals surface area (Å²) in [6.07, 6.45) is -6.14. The molecule has 0 saturated heterocycles. The maximum atomic E-state index is 13.9. The Balaban J connectivity index is 2.08. The molecular weight excluding hydrogens is 324 g/mol. The van der Waals surface area contributed by atoms with Crippen molar-refractivity contribution in [2.75, 3.05) is 0 Å². The standard InChI is InChI=1S/C10H12F4O6S/c11-9(10(12,13)14,21-20-19-17)8(16)18-7-5-2-1-4(3-5)6(7)15/h4-7,15,17H,1-3H2. The van der Waals surface area contributed by atoms with Crippen molar-refractivity contribution < 1.29 is 46.8 Å². The van der Waals surface area contributed by atoms with Crippen molar-refractivity contribution >= 4 is 18.0 Å². The molecule has 5 atom stereocenters. The quantitative estimate of drug-likeness (QED) is 0.261. The van der Waals surface area contributed by atoms with E-state index in [-0.39, 0.29) is 11.8 Å². The second kappa shape index (κ2) is 5.88. The summed E-state index contributed by atoms with van der Waals surface area (Å²) in [6.45, 7) is 0. The smallest absolute Gasteiger partial charge is 0.446 e. The second-order valence-corrected chi connectivity index (χ2v) is 5.88. The molecule has 6 nitrogen and oxygen atoms in total. The first-order valence-electron chi connectivity index (χ1n) is 6.01. The molecular formula is C10H12F4O6S. The fraction of sp³-hybridized carbons (Fsp3) is 0.900. The summed E-state index contributed by atoms with van der Waals surface area (Å²) in [6, 6.07) is 0. The van der Waals surface area contributed by atoms with Crippen LogP contribution >= 0.6 is 12.0 Å². The van der Waals surface area contributed by atoms with E-state index < -0.39 is 41.4 Å². The molecule has 11 heteroatoms. The summed E-state index contributed by atoms with van der Waals surface area (Å²) in [5.41, 5.74) is 0. The van der Waals surface area contributed by atoms with Crippen LogP contribution in [0.25, 0.3) is 0 Å². The monoisotopic (exact) mass is 336 g/mol. The fourth-order valence-electron chi connectivity index (χ4n) is 2.83. The third kappa shape index (κ3) is 2.97. The van der Waals surface area contributed by atoms with Gasteiger partial charge in [0.25, 0.3) is 0 Å². The number of hydrogen-bond donors (Lipinski definition) is 2. The van der Waals surface area contributed by atoms with Crippen LogP contribution in [0, 0.1) is 11.8 Å². The zero-order valence-electron chi connectivity index (χ0n) is 10.4. The third-order valence-corrected chi connectivity index (χ3v) is 4.60. The second-order valence-electron chi connectivity index (χ2n) is 5.01. The van der Waals surface area contributed by atoms with Gasteiger partial charge in [-0.2, -0.15) is 13.2 Å². The maximum Gasteiger partial charge on any atom is 0.446 e. The minimum absolute atomic E-state index is 0.155. The zero-order chi connectivity index (χ0) is 15.8. The highest BCUT2D eigenvalue weighted by Crippen LogP contribution is 2.49. The Labute approximate surface area is 120 Å². The lowest BCUT2D eigenvalue weighted by Gasteiger charge is -2.30. The van der Waals surface area contributed by atoms with Gasteiger partial charge in [0.2, 0.25) is 0 Å². The minimum atomic E-state index is -5.66. The summed E-state index contributed by atoms with van der Waals surface area (Å²) in [4.78, 5) is 11.5. The summed E-state index contributed by atoms with van der Waals surface area (Å²) in [5, 5.41) is 15.9. The molecule has 0 amide bonds. The van der Waals surface area contributed by atoms with E-state index in [4.69, 9.17) is 5.26 Å². The van der Waals surface area contributed by atoms with Gasteiger partial charge in [-0.25, -0.2) is 14.4 Å². The Bertz CT molecular complexity index is 405. The lowest BCUT2D eigenvalue weighted by molar-refractivity contribution is -0.433. The van der Waals surface area contributed by atoms with Crippen molar-refractivity contribution in [1.82, 2.24) is 0 Å². The largest absolute Gasteiger partial charge is 0.456 e. The molecule has 0 spiro atoms. The Kier molecular flexibility index (Phi) is 4.69. The molecule has 0 aromatic rings. The molecule has 2 N–H and O–H groups in total. The minimum Gasteiger partial charge on any atom is -0.456 e. The van der Waals surface area contributed by atoms with Gasteiger partial charge in [-0.05, 0) is 31.1 Å². The topological polar surface area (TPSA) is 85.2 Å². The van der Waals surface area contributed by atoms with Crippen molar-refractivity contribution in [3.63, 3.8) is 0 Å². The third-order valence-electron chi connectivity index (χ3n) is 3.85. The summed E-state index contributed by atoms with van der Waals surface area (Å²) < 4.78 is 59.8. The number of halogens is 4. The number of aliphatic hydroxyl groups is 1. The van der Waals surface area contributed by atoms with Gasteiger partial charge in [0.15, 0.2) is 0 Å². The first-order valence-corrected chi connectivity index (χ1v) is 6.75. The highest BCUT2D eigenvalue weighted by atomic mass is 32.2. The first kappa shape index (κ1) is 16.7. The zero-order valence-corrected chi connectivity index (χ0v) is 11.2. The fourth-order valence-corrected chi connectivity index (χ4v) is 3.17. The van der Waals surface area contributed by atoms with Crippen LogP contribution in [0.2, 0.25) is 0 Å². The van der Waals surface area contributed by atoms with Crippen molar-refractivity contribution in [3.05, 3.63) is 0 Å². The van der Waals surface area contributed by atoms with Crippen molar-refractivity contribution in [2.24, 2.45) is 11.8 Å². The van der Waals surface area contributed by atoms with Crippen LogP contribution in [0.15, 0.2) is 0 Å². The molecule has 0 aromatic heterocycles. The van der Waals surface area contributed by atoms with Gasteiger partial charge >= 0.3 is 17.1 Å². The number of hydrogen-bond acceptors (Lipinski definition) is 7. The Morgan fingerprint density at radius 3 is 2.29 bits per heavy atom. The molecule has 0 aromatic carbocycles.